The lowest BCUT2D eigenvalue weighted by Gasteiger charge is -2.13. The van der Waals surface area contributed by atoms with E-state index < -0.39 is 10.8 Å². The highest BCUT2D eigenvalue weighted by atomic mass is 35.5. The number of anilines is 1. The number of hydrogen-bond acceptors (Lipinski definition) is 7. The molecule has 0 fully saturated rings. The van der Waals surface area contributed by atoms with Gasteiger partial charge in [-0.15, -0.1) is 0 Å². The SMILES string of the molecule is COc1ccc(-c2cc(-c3ccc(C)cc3)nc(SCC(=O)Nc3ccc(Cl)c([N+](=O)[O-])c3)c2C#N)cc1. The number of amides is 1. The van der Waals surface area contributed by atoms with Crippen molar-refractivity contribution in [3.63, 3.8) is 0 Å². The van der Waals surface area contributed by atoms with Crippen LogP contribution in [0, 0.1) is 28.4 Å². The van der Waals surface area contributed by atoms with E-state index in [1.54, 1.807) is 7.11 Å². The lowest BCUT2D eigenvalue weighted by atomic mass is 9.99. The predicted octanol–water partition coefficient (Wildman–Crippen LogP) is 6.90. The molecular formula is C28H21ClN4O4S. The van der Waals surface area contributed by atoms with Gasteiger partial charge in [0.2, 0.25) is 5.91 Å². The predicted molar refractivity (Wildman–Crippen MR) is 149 cm³/mol. The second kappa shape index (κ2) is 11.8. The molecule has 1 aromatic heterocycles. The fraction of sp³-hybridized carbons (Fsp3) is 0.107. The zero-order chi connectivity index (χ0) is 27.2. The van der Waals surface area contributed by atoms with E-state index in [9.17, 15) is 20.2 Å². The smallest absolute Gasteiger partial charge is 0.289 e. The van der Waals surface area contributed by atoms with E-state index in [-0.39, 0.29) is 22.2 Å². The highest BCUT2D eigenvalue weighted by Crippen LogP contribution is 2.35. The van der Waals surface area contributed by atoms with Crippen molar-refractivity contribution in [3.05, 3.63) is 99.1 Å². The Labute approximate surface area is 228 Å². The summed E-state index contributed by atoms with van der Waals surface area (Å²) in [6, 6.07) is 23.4. The number of methoxy groups -OCH3 is 1. The van der Waals surface area contributed by atoms with Gasteiger partial charge in [-0.05, 0) is 42.8 Å². The number of nitrogens with one attached hydrogen (secondary N) is 1. The fourth-order valence-electron chi connectivity index (χ4n) is 3.67. The van der Waals surface area contributed by atoms with E-state index in [1.807, 2.05) is 61.5 Å². The van der Waals surface area contributed by atoms with Crippen molar-refractivity contribution in [3.8, 4) is 34.2 Å². The Morgan fingerprint density at radius 3 is 2.42 bits per heavy atom. The lowest BCUT2D eigenvalue weighted by molar-refractivity contribution is -0.384. The Balaban J connectivity index is 1.67. The maximum atomic E-state index is 12.7. The summed E-state index contributed by atoms with van der Waals surface area (Å²) in [5.41, 5.74) is 4.39. The standard InChI is InChI=1S/C28H21ClN4O4S/c1-17-3-5-19(6-4-17)25-14-22(18-7-10-21(37-2)11-8-18)23(15-30)28(32-25)38-16-27(34)31-20-9-12-24(29)26(13-20)33(35)36/h3-14H,16H2,1-2H3,(H,31,34). The number of nitrogens with zero attached hydrogens (tertiary/aromatic N) is 3. The van der Waals surface area contributed by atoms with Gasteiger partial charge in [-0.2, -0.15) is 5.26 Å². The summed E-state index contributed by atoms with van der Waals surface area (Å²) < 4.78 is 5.26. The second-order valence-electron chi connectivity index (χ2n) is 8.20. The average molecular weight is 545 g/mol. The fourth-order valence-corrected chi connectivity index (χ4v) is 4.66. The number of pyridine rings is 1. The summed E-state index contributed by atoms with van der Waals surface area (Å²) in [4.78, 5) is 28.0. The summed E-state index contributed by atoms with van der Waals surface area (Å²) in [7, 11) is 1.58. The number of halogens is 1. The quantitative estimate of drug-likeness (QED) is 0.146. The molecule has 0 aliphatic rings. The number of carbonyl (C=O) groups is 1. The highest BCUT2D eigenvalue weighted by molar-refractivity contribution is 8.00. The molecule has 1 amide bonds. The van der Waals surface area contributed by atoms with E-state index in [2.05, 4.69) is 11.4 Å². The van der Waals surface area contributed by atoms with Gasteiger partial charge >= 0.3 is 0 Å². The van der Waals surface area contributed by atoms with Crippen LogP contribution in [0.4, 0.5) is 11.4 Å². The van der Waals surface area contributed by atoms with Gasteiger partial charge in [-0.1, -0.05) is 65.3 Å². The van der Waals surface area contributed by atoms with E-state index in [0.29, 0.717) is 27.6 Å². The lowest BCUT2D eigenvalue weighted by Crippen LogP contribution is -2.14. The zero-order valence-corrected chi connectivity index (χ0v) is 22.0. The number of thioether (sulfide) groups is 1. The molecule has 0 unspecified atom stereocenters. The molecule has 1 N–H and O–H groups in total. The van der Waals surface area contributed by atoms with Gasteiger partial charge in [0.25, 0.3) is 5.69 Å². The minimum absolute atomic E-state index is 0.0239. The van der Waals surface area contributed by atoms with Gasteiger partial charge in [0.05, 0.1) is 29.0 Å². The number of ether oxygens (including phenoxy) is 1. The van der Waals surface area contributed by atoms with Crippen molar-refractivity contribution in [2.75, 3.05) is 18.2 Å². The molecule has 0 aliphatic carbocycles. The zero-order valence-electron chi connectivity index (χ0n) is 20.4. The first kappa shape index (κ1) is 26.7. The molecular weight excluding hydrogens is 524 g/mol. The van der Waals surface area contributed by atoms with Crippen LogP contribution >= 0.6 is 23.4 Å². The van der Waals surface area contributed by atoms with E-state index in [0.717, 1.165) is 28.5 Å². The first-order valence-electron chi connectivity index (χ1n) is 11.3. The van der Waals surface area contributed by atoms with E-state index in [1.165, 1.54) is 18.2 Å². The molecule has 190 valence electrons. The van der Waals surface area contributed by atoms with Crippen molar-refractivity contribution in [2.45, 2.75) is 11.9 Å². The van der Waals surface area contributed by atoms with Gasteiger partial charge in [-0.25, -0.2) is 4.98 Å². The summed E-state index contributed by atoms with van der Waals surface area (Å²) in [5, 5.41) is 24.2. The number of aryl methyl sites for hydroxylation is 1. The van der Waals surface area contributed by atoms with Crippen molar-refractivity contribution in [1.29, 1.82) is 5.26 Å². The molecule has 8 nitrogen and oxygen atoms in total. The van der Waals surface area contributed by atoms with E-state index in [4.69, 9.17) is 21.3 Å². The molecule has 1 heterocycles. The third kappa shape index (κ3) is 6.11. The van der Waals surface area contributed by atoms with Crippen LogP contribution in [0.3, 0.4) is 0 Å². The van der Waals surface area contributed by atoms with Crippen molar-refractivity contribution in [1.82, 2.24) is 4.98 Å². The van der Waals surface area contributed by atoms with Crippen LogP contribution in [0.25, 0.3) is 22.4 Å². The summed E-state index contributed by atoms with van der Waals surface area (Å²) >= 11 is 6.96. The van der Waals surface area contributed by atoms with Crippen LogP contribution < -0.4 is 10.1 Å². The van der Waals surface area contributed by atoms with Crippen molar-refractivity contribution >= 4 is 40.6 Å². The Hall–Kier alpha value is -4.39. The number of carbonyl (C=O) groups excluding carboxylic acids is 1. The Kier molecular flexibility index (Phi) is 8.26. The van der Waals surface area contributed by atoms with Crippen LogP contribution in [0.15, 0.2) is 77.8 Å². The number of rotatable bonds is 8. The Bertz CT molecular complexity index is 1550. The van der Waals surface area contributed by atoms with Crippen LogP contribution in [-0.2, 0) is 4.79 Å². The second-order valence-corrected chi connectivity index (χ2v) is 9.57. The molecule has 0 bridgehead atoms. The van der Waals surface area contributed by atoms with Gasteiger partial charge < -0.3 is 10.1 Å². The third-order valence-corrected chi connectivity index (χ3v) is 6.91. The van der Waals surface area contributed by atoms with Crippen LogP contribution in [0.1, 0.15) is 11.1 Å². The first-order chi connectivity index (χ1) is 18.3. The van der Waals surface area contributed by atoms with Gasteiger partial charge in [0, 0.05) is 22.9 Å². The molecule has 0 saturated carbocycles. The first-order valence-corrected chi connectivity index (χ1v) is 12.7. The monoisotopic (exact) mass is 544 g/mol. The summed E-state index contributed by atoms with van der Waals surface area (Å²) in [6.07, 6.45) is 0. The van der Waals surface area contributed by atoms with E-state index >= 15 is 0 Å². The van der Waals surface area contributed by atoms with Gasteiger partial charge in [0.1, 0.15) is 21.9 Å². The molecule has 4 aromatic rings. The molecule has 0 aliphatic heterocycles. The maximum Gasteiger partial charge on any atom is 0.289 e. The van der Waals surface area contributed by atoms with Crippen LogP contribution in [0.5, 0.6) is 5.75 Å². The number of nitro groups is 1. The minimum Gasteiger partial charge on any atom is -0.497 e. The Morgan fingerprint density at radius 2 is 1.79 bits per heavy atom. The van der Waals surface area contributed by atoms with Gasteiger partial charge in [0.15, 0.2) is 0 Å². The van der Waals surface area contributed by atoms with Crippen LogP contribution in [-0.4, -0.2) is 28.7 Å². The number of nitriles is 1. The number of nitro benzene ring substituents is 1. The molecule has 0 saturated heterocycles. The largest absolute Gasteiger partial charge is 0.497 e. The van der Waals surface area contributed by atoms with Crippen molar-refractivity contribution < 1.29 is 14.5 Å². The van der Waals surface area contributed by atoms with Gasteiger partial charge in [-0.3, -0.25) is 14.9 Å². The summed E-state index contributed by atoms with van der Waals surface area (Å²) in [6.45, 7) is 1.99. The summed E-state index contributed by atoms with van der Waals surface area (Å²) in [5.74, 6) is 0.204. The van der Waals surface area contributed by atoms with Crippen LogP contribution in [0.2, 0.25) is 5.02 Å². The van der Waals surface area contributed by atoms with Crippen molar-refractivity contribution in [2.24, 2.45) is 0 Å². The molecule has 38 heavy (non-hydrogen) atoms. The molecule has 0 radical (unpaired) electrons. The Morgan fingerprint density at radius 1 is 1.11 bits per heavy atom. The molecule has 4 rings (SSSR count). The molecule has 10 heteroatoms. The normalized spacial score (nSPS) is 10.5. The third-order valence-electron chi connectivity index (χ3n) is 5.61. The number of aromatic nitrogens is 1. The molecule has 3 aromatic carbocycles. The highest BCUT2D eigenvalue weighted by Gasteiger charge is 2.18. The minimum atomic E-state index is -0.618. The number of benzene rings is 3. The maximum absolute atomic E-state index is 12.7. The topological polar surface area (TPSA) is 118 Å². The number of hydrogen-bond donors (Lipinski definition) is 1. The molecule has 0 spiro atoms. The molecule has 0 atom stereocenters. The average Bonchev–Trinajstić information content (AvgIpc) is 2.92.